The average Bonchev–Trinajstić information content (AvgIpc) is 3.30. The smallest absolute Gasteiger partial charge is 0.287 e. The Morgan fingerprint density at radius 2 is 2.07 bits per heavy atom. The highest BCUT2D eigenvalue weighted by molar-refractivity contribution is 5.92. The Balaban J connectivity index is 1.37. The van der Waals surface area contributed by atoms with Crippen LogP contribution in [0.2, 0.25) is 0 Å². The maximum Gasteiger partial charge on any atom is 0.287 e. The molecule has 0 spiro atoms. The molecule has 0 aliphatic heterocycles. The largest absolute Gasteiger partial charge is 0.443 e. The summed E-state index contributed by atoms with van der Waals surface area (Å²) in [6.07, 6.45) is 7.59. The minimum atomic E-state index is -1.11. The summed E-state index contributed by atoms with van der Waals surface area (Å²) in [5, 5.41) is 25.5. The van der Waals surface area contributed by atoms with Gasteiger partial charge in [-0.05, 0) is 87.5 Å². The van der Waals surface area contributed by atoms with E-state index in [9.17, 15) is 9.90 Å². The van der Waals surface area contributed by atoms with Gasteiger partial charge >= 0.3 is 0 Å². The number of nitrogens with one attached hydrogen (secondary N) is 1. The van der Waals surface area contributed by atoms with E-state index in [-0.39, 0.29) is 22.7 Å². The maximum atomic E-state index is 13.0. The van der Waals surface area contributed by atoms with Crippen molar-refractivity contribution in [1.29, 1.82) is 0 Å². The first-order valence-corrected chi connectivity index (χ1v) is 10.2. The van der Waals surface area contributed by atoms with E-state index in [0.29, 0.717) is 17.6 Å². The van der Waals surface area contributed by atoms with Gasteiger partial charge in [0, 0.05) is 5.54 Å². The van der Waals surface area contributed by atoms with Crippen LogP contribution in [0.25, 0.3) is 0 Å². The molecule has 29 heavy (non-hydrogen) atoms. The van der Waals surface area contributed by atoms with E-state index in [2.05, 4.69) is 32.6 Å². The van der Waals surface area contributed by atoms with Crippen molar-refractivity contribution in [3.8, 4) is 11.8 Å². The zero-order valence-electron chi connectivity index (χ0n) is 16.7. The van der Waals surface area contributed by atoms with Crippen molar-refractivity contribution < 1.29 is 14.3 Å². The third-order valence-electron chi connectivity index (χ3n) is 6.50. The molecule has 6 rings (SSSR count). The Bertz CT molecular complexity index is 978. The number of rotatable bonds is 3. The summed E-state index contributed by atoms with van der Waals surface area (Å²) in [7, 11) is 0. The number of carbonyl (C=O) groups is 1. The number of hydrogen-bond donors (Lipinski definition) is 2. The van der Waals surface area contributed by atoms with Crippen LogP contribution >= 0.6 is 0 Å². The highest BCUT2D eigenvalue weighted by atomic mass is 16.3. The number of aliphatic hydroxyl groups is 1. The number of hydrogen-bond acceptors (Lipinski definition) is 6. The Morgan fingerprint density at radius 3 is 2.72 bits per heavy atom. The number of tetrazole rings is 1. The molecule has 1 amide bonds. The molecule has 4 aliphatic rings. The molecular formula is C21H25N5O3. The molecule has 4 aliphatic carbocycles. The number of carbonyl (C=O) groups excluding carboxylic acids is 1. The fraction of sp³-hybridized carbons (Fsp3) is 0.619. The molecule has 0 radical (unpaired) electrons. The Hall–Kier alpha value is -2.66. The fourth-order valence-electron chi connectivity index (χ4n) is 6.02. The summed E-state index contributed by atoms with van der Waals surface area (Å²) in [5.41, 5.74) is -1.53. The van der Waals surface area contributed by atoms with Gasteiger partial charge in [0.05, 0.1) is 5.54 Å². The molecular weight excluding hydrogens is 370 g/mol. The summed E-state index contributed by atoms with van der Waals surface area (Å²) in [5.74, 6) is 6.98. The van der Waals surface area contributed by atoms with Gasteiger partial charge < -0.3 is 14.8 Å². The molecule has 0 saturated heterocycles. The first-order chi connectivity index (χ1) is 13.7. The Kier molecular flexibility index (Phi) is 3.91. The van der Waals surface area contributed by atoms with E-state index in [4.69, 9.17) is 4.42 Å². The van der Waals surface area contributed by atoms with E-state index >= 15 is 0 Å². The topological polar surface area (TPSA) is 106 Å². The van der Waals surface area contributed by atoms with Gasteiger partial charge in [-0.25, -0.2) is 0 Å². The second kappa shape index (κ2) is 6.17. The lowest BCUT2D eigenvalue weighted by molar-refractivity contribution is -0.0812. The number of nitrogens with zero attached hydrogens (tertiary/aromatic N) is 4. The van der Waals surface area contributed by atoms with Crippen LogP contribution in [-0.4, -0.2) is 42.4 Å². The third kappa shape index (κ3) is 3.33. The molecule has 2 heterocycles. The predicted molar refractivity (Wildman–Crippen MR) is 103 cm³/mol. The molecule has 8 heteroatoms. The molecule has 4 atom stereocenters. The zero-order valence-corrected chi connectivity index (χ0v) is 16.7. The van der Waals surface area contributed by atoms with Crippen LogP contribution in [0.15, 0.2) is 22.9 Å². The first kappa shape index (κ1) is 18.4. The maximum absolute atomic E-state index is 13.0. The van der Waals surface area contributed by atoms with Crippen LogP contribution in [0.3, 0.4) is 0 Å². The van der Waals surface area contributed by atoms with Gasteiger partial charge in [-0.1, -0.05) is 5.92 Å². The van der Waals surface area contributed by atoms with E-state index in [1.807, 2.05) is 0 Å². The standard InChI is InChI=1S/C21H25N5O3/c1-19(2,28)6-5-16-3-4-17(29-16)18(27)24-20-8-14-7-15(9-20)11-21(10-14,12-20)26-23-13-22-25-26/h3-4,13-15,28H,7-12H2,1-2H3,(H,24,27)/t14-,15+,20?,21?. The van der Waals surface area contributed by atoms with Gasteiger partial charge in [0.15, 0.2) is 17.8 Å². The normalized spacial score (nSPS) is 32.7. The minimum Gasteiger partial charge on any atom is -0.443 e. The second-order valence-electron chi connectivity index (χ2n) is 9.62. The number of furan rings is 1. The monoisotopic (exact) mass is 395 g/mol. The van der Waals surface area contributed by atoms with Crippen LogP contribution in [-0.2, 0) is 5.54 Å². The van der Waals surface area contributed by atoms with Gasteiger partial charge in [0.2, 0.25) is 0 Å². The van der Waals surface area contributed by atoms with Gasteiger partial charge in [0.25, 0.3) is 5.91 Å². The van der Waals surface area contributed by atoms with Crippen molar-refractivity contribution in [1.82, 2.24) is 25.5 Å². The summed E-state index contributed by atoms with van der Waals surface area (Å²) < 4.78 is 5.62. The van der Waals surface area contributed by atoms with Crippen molar-refractivity contribution in [3.63, 3.8) is 0 Å². The lowest BCUT2D eigenvalue weighted by atomic mass is 9.50. The molecule has 0 aromatic carbocycles. The van der Waals surface area contributed by atoms with E-state index in [1.165, 1.54) is 12.7 Å². The quantitative estimate of drug-likeness (QED) is 0.769. The summed E-state index contributed by atoms with van der Waals surface area (Å²) in [6, 6.07) is 3.30. The SMILES string of the molecule is CC(C)(O)C#Cc1ccc(C(=O)NC23C[C@H]4C[C@@H](C2)CC(n2ncnn2)(C4)C3)o1. The van der Waals surface area contributed by atoms with Crippen molar-refractivity contribution in [2.45, 2.75) is 69.1 Å². The molecule has 2 N–H and O–H groups in total. The van der Waals surface area contributed by atoms with Gasteiger partial charge in [-0.2, -0.15) is 4.80 Å². The van der Waals surface area contributed by atoms with Gasteiger partial charge in [-0.3, -0.25) is 4.79 Å². The third-order valence-corrected chi connectivity index (χ3v) is 6.50. The van der Waals surface area contributed by atoms with Crippen molar-refractivity contribution >= 4 is 5.91 Å². The number of aromatic nitrogens is 4. The highest BCUT2D eigenvalue weighted by Crippen LogP contribution is 2.60. The van der Waals surface area contributed by atoms with Crippen LogP contribution < -0.4 is 5.32 Å². The minimum absolute atomic E-state index is 0.152. The van der Waals surface area contributed by atoms with Crippen molar-refractivity contribution in [2.75, 3.05) is 0 Å². The van der Waals surface area contributed by atoms with Crippen LogP contribution in [0.4, 0.5) is 0 Å². The van der Waals surface area contributed by atoms with Crippen LogP contribution in [0.1, 0.15) is 68.7 Å². The van der Waals surface area contributed by atoms with Gasteiger partial charge in [-0.15, -0.1) is 10.2 Å². The zero-order chi connectivity index (χ0) is 20.3. The van der Waals surface area contributed by atoms with E-state index in [0.717, 1.165) is 32.1 Å². The first-order valence-electron chi connectivity index (χ1n) is 10.2. The summed E-state index contributed by atoms with van der Waals surface area (Å²) in [4.78, 5) is 14.8. The molecule has 2 aromatic heterocycles. The van der Waals surface area contributed by atoms with Crippen LogP contribution in [0.5, 0.6) is 0 Å². The Morgan fingerprint density at radius 1 is 1.31 bits per heavy atom. The summed E-state index contributed by atoms with van der Waals surface area (Å²) >= 11 is 0. The fourth-order valence-corrected chi connectivity index (χ4v) is 6.02. The molecule has 8 nitrogen and oxygen atoms in total. The molecule has 4 fully saturated rings. The van der Waals surface area contributed by atoms with E-state index < -0.39 is 5.60 Å². The molecule has 2 aromatic rings. The lowest BCUT2D eigenvalue weighted by Crippen LogP contribution is -2.66. The Labute approximate surface area is 169 Å². The predicted octanol–water partition coefficient (Wildman–Crippen LogP) is 1.87. The van der Waals surface area contributed by atoms with E-state index in [1.54, 1.807) is 30.8 Å². The van der Waals surface area contributed by atoms with Crippen LogP contribution in [0, 0.1) is 23.7 Å². The molecule has 2 unspecified atom stereocenters. The van der Waals surface area contributed by atoms with Crippen molar-refractivity contribution in [3.05, 3.63) is 30.0 Å². The van der Waals surface area contributed by atoms with Gasteiger partial charge in [0.1, 0.15) is 5.60 Å². The molecule has 152 valence electrons. The lowest BCUT2D eigenvalue weighted by Gasteiger charge is -2.61. The number of amides is 1. The average molecular weight is 395 g/mol. The van der Waals surface area contributed by atoms with Crippen molar-refractivity contribution in [2.24, 2.45) is 11.8 Å². The highest BCUT2D eigenvalue weighted by Gasteiger charge is 2.60. The summed E-state index contributed by atoms with van der Waals surface area (Å²) in [6.45, 7) is 3.20. The molecule has 4 bridgehead atoms. The molecule has 4 saturated carbocycles. The second-order valence-corrected chi connectivity index (χ2v) is 9.62.